The normalized spacial score (nSPS) is 31.7. The van der Waals surface area contributed by atoms with E-state index in [0.29, 0.717) is 6.04 Å². The van der Waals surface area contributed by atoms with E-state index >= 15 is 0 Å². The third-order valence-corrected chi connectivity index (χ3v) is 4.42. The Morgan fingerprint density at radius 1 is 1.21 bits per heavy atom. The summed E-state index contributed by atoms with van der Waals surface area (Å²) in [6.45, 7) is 2.08. The smallest absolute Gasteiger partial charge is 0.311 e. The minimum Gasteiger partial charge on any atom is -0.311 e. The Balaban J connectivity index is 1.81. The van der Waals surface area contributed by atoms with E-state index in [1.54, 1.807) is 0 Å². The quantitative estimate of drug-likeness (QED) is 0.857. The maximum absolute atomic E-state index is 12.8. The maximum Gasteiger partial charge on any atom is 0.416 e. The molecule has 104 valence electrons. The van der Waals surface area contributed by atoms with Gasteiger partial charge in [0.15, 0.2) is 0 Å². The highest BCUT2D eigenvalue weighted by atomic mass is 19.4. The fraction of sp³-hybridized carbons (Fsp3) is 0.600. The molecular weight excluding hydrogens is 251 g/mol. The van der Waals surface area contributed by atoms with Crippen LogP contribution in [0, 0.1) is 5.92 Å². The molecule has 2 aliphatic rings. The first-order valence-electron chi connectivity index (χ1n) is 6.88. The number of hydrogen-bond acceptors (Lipinski definition) is 1. The van der Waals surface area contributed by atoms with Crippen molar-refractivity contribution in [3.05, 3.63) is 35.4 Å². The first kappa shape index (κ1) is 13.0. The van der Waals surface area contributed by atoms with Crippen LogP contribution in [0.15, 0.2) is 24.3 Å². The second kappa shape index (κ2) is 4.51. The van der Waals surface area contributed by atoms with Crippen LogP contribution >= 0.6 is 0 Å². The molecule has 1 N–H and O–H groups in total. The van der Waals surface area contributed by atoms with Crippen molar-refractivity contribution in [2.45, 2.75) is 50.4 Å². The lowest BCUT2D eigenvalue weighted by Crippen LogP contribution is -2.29. The number of hydrogen-bond donors (Lipinski definition) is 1. The fourth-order valence-electron chi connectivity index (χ4n) is 3.20. The minimum atomic E-state index is -4.25. The zero-order valence-corrected chi connectivity index (χ0v) is 10.9. The van der Waals surface area contributed by atoms with Crippen LogP contribution in [0.5, 0.6) is 0 Å². The summed E-state index contributed by atoms with van der Waals surface area (Å²) >= 11 is 0. The molecule has 1 saturated carbocycles. The molecule has 3 atom stereocenters. The zero-order chi connectivity index (χ0) is 13.6. The van der Waals surface area contributed by atoms with E-state index < -0.39 is 11.7 Å². The van der Waals surface area contributed by atoms with Gasteiger partial charge in [0.2, 0.25) is 0 Å². The molecule has 1 aliphatic carbocycles. The van der Waals surface area contributed by atoms with Crippen molar-refractivity contribution in [3.63, 3.8) is 0 Å². The number of rotatable bonds is 2. The summed E-state index contributed by atoms with van der Waals surface area (Å²) in [5.74, 6) is 0.950. The number of halogens is 3. The monoisotopic (exact) mass is 269 g/mol. The van der Waals surface area contributed by atoms with Gasteiger partial charge in [-0.3, -0.25) is 0 Å². The molecule has 19 heavy (non-hydrogen) atoms. The molecule has 0 bridgehead atoms. The van der Waals surface area contributed by atoms with Crippen molar-refractivity contribution in [2.75, 3.05) is 0 Å². The van der Waals surface area contributed by atoms with Gasteiger partial charge in [0.1, 0.15) is 0 Å². The fourth-order valence-corrected chi connectivity index (χ4v) is 3.20. The van der Waals surface area contributed by atoms with E-state index in [1.807, 2.05) is 6.07 Å². The molecule has 1 saturated heterocycles. The van der Waals surface area contributed by atoms with E-state index in [2.05, 4.69) is 12.2 Å². The van der Waals surface area contributed by atoms with Crippen LogP contribution in [0.4, 0.5) is 13.2 Å². The van der Waals surface area contributed by atoms with E-state index in [1.165, 1.54) is 25.0 Å². The zero-order valence-electron chi connectivity index (χ0n) is 10.9. The standard InChI is InChI=1S/C15H18F3N/c1-9-13(8-14(19-9)10-5-6-10)11-3-2-4-12(7-11)15(16,17)18/h2-4,7,9-10,13-14,19H,5-6,8H2,1H3. The first-order valence-corrected chi connectivity index (χ1v) is 6.88. The van der Waals surface area contributed by atoms with Crippen molar-refractivity contribution in [3.8, 4) is 0 Å². The highest BCUT2D eigenvalue weighted by molar-refractivity contribution is 5.30. The van der Waals surface area contributed by atoms with Gasteiger partial charge in [-0.05, 0) is 43.7 Å². The number of nitrogens with one attached hydrogen (secondary N) is 1. The highest BCUT2D eigenvalue weighted by Gasteiger charge is 2.40. The number of alkyl halides is 3. The van der Waals surface area contributed by atoms with Gasteiger partial charge >= 0.3 is 6.18 Å². The number of benzene rings is 1. The van der Waals surface area contributed by atoms with Crippen molar-refractivity contribution < 1.29 is 13.2 Å². The topological polar surface area (TPSA) is 12.0 Å². The van der Waals surface area contributed by atoms with Crippen molar-refractivity contribution in [1.29, 1.82) is 0 Å². The minimum absolute atomic E-state index is 0.202. The third-order valence-electron chi connectivity index (χ3n) is 4.42. The van der Waals surface area contributed by atoms with Gasteiger partial charge < -0.3 is 5.32 Å². The Morgan fingerprint density at radius 3 is 2.58 bits per heavy atom. The molecule has 1 aliphatic heterocycles. The van der Waals surface area contributed by atoms with Gasteiger partial charge in [0.05, 0.1) is 5.56 Å². The predicted octanol–water partition coefficient (Wildman–Crippen LogP) is 3.95. The molecule has 0 aromatic heterocycles. The molecule has 1 nitrogen and oxygen atoms in total. The summed E-state index contributed by atoms with van der Waals surface area (Å²) < 4.78 is 38.3. The summed E-state index contributed by atoms with van der Waals surface area (Å²) in [6, 6.07) is 6.57. The molecule has 0 amide bonds. The summed E-state index contributed by atoms with van der Waals surface area (Å²) in [5, 5.41) is 3.54. The summed E-state index contributed by atoms with van der Waals surface area (Å²) in [6.07, 6.45) is -0.756. The van der Waals surface area contributed by atoms with E-state index in [9.17, 15) is 13.2 Å². The van der Waals surface area contributed by atoms with Gasteiger partial charge in [-0.1, -0.05) is 18.2 Å². The molecule has 3 rings (SSSR count). The van der Waals surface area contributed by atoms with Crippen LogP contribution in [0.3, 0.4) is 0 Å². The average Bonchev–Trinajstić information content (AvgIpc) is 3.12. The Bertz CT molecular complexity index is 465. The summed E-state index contributed by atoms with van der Waals surface area (Å²) in [7, 11) is 0. The lowest BCUT2D eigenvalue weighted by atomic mass is 9.90. The van der Waals surface area contributed by atoms with Crippen LogP contribution in [-0.4, -0.2) is 12.1 Å². The van der Waals surface area contributed by atoms with Crippen molar-refractivity contribution >= 4 is 0 Å². The Kier molecular flexibility index (Phi) is 3.08. The Hall–Kier alpha value is -1.03. The SMILES string of the molecule is CC1NC(C2CC2)CC1c1cccc(C(F)(F)F)c1. The summed E-state index contributed by atoms with van der Waals surface area (Å²) in [4.78, 5) is 0. The van der Waals surface area contributed by atoms with Gasteiger partial charge in [0.25, 0.3) is 0 Å². The summed E-state index contributed by atoms with van der Waals surface area (Å²) in [5.41, 5.74) is 0.282. The van der Waals surface area contributed by atoms with E-state index in [4.69, 9.17) is 0 Å². The second-order valence-electron chi connectivity index (χ2n) is 5.86. The molecule has 1 aromatic rings. The molecule has 4 heteroatoms. The lowest BCUT2D eigenvalue weighted by Gasteiger charge is -2.17. The Morgan fingerprint density at radius 2 is 1.95 bits per heavy atom. The van der Waals surface area contributed by atoms with Crippen LogP contribution in [0.1, 0.15) is 43.2 Å². The Labute approximate surface area is 111 Å². The molecular formula is C15H18F3N. The van der Waals surface area contributed by atoms with Gasteiger partial charge in [-0.25, -0.2) is 0 Å². The van der Waals surface area contributed by atoms with Crippen LogP contribution in [0.2, 0.25) is 0 Å². The molecule has 3 unspecified atom stereocenters. The van der Waals surface area contributed by atoms with Gasteiger partial charge in [0, 0.05) is 18.0 Å². The maximum atomic E-state index is 12.8. The second-order valence-corrected chi connectivity index (χ2v) is 5.86. The predicted molar refractivity (Wildman–Crippen MR) is 67.9 cm³/mol. The third kappa shape index (κ3) is 2.64. The molecule has 1 aromatic carbocycles. The van der Waals surface area contributed by atoms with Crippen molar-refractivity contribution in [2.24, 2.45) is 5.92 Å². The average molecular weight is 269 g/mol. The van der Waals surface area contributed by atoms with Gasteiger partial charge in [-0.15, -0.1) is 0 Å². The molecule has 0 spiro atoms. The van der Waals surface area contributed by atoms with Crippen molar-refractivity contribution in [1.82, 2.24) is 5.32 Å². The van der Waals surface area contributed by atoms with Gasteiger partial charge in [-0.2, -0.15) is 13.2 Å². The molecule has 1 heterocycles. The van der Waals surface area contributed by atoms with Crippen LogP contribution in [0.25, 0.3) is 0 Å². The lowest BCUT2D eigenvalue weighted by molar-refractivity contribution is -0.137. The largest absolute Gasteiger partial charge is 0.416 e. The molecule has 2 fully saturated rings. The van der Waals surface area contributed by atoms with E-state index in [0.717, 1.165) is 24.0 Å². The van der Waals surface area contributed by atoms with Crippen LogP contribution in [-0.2, 0) is 6.18 Å². The molecule has 0 radical (unpaired) electrons. The first-order chi connectivity index (χ1) is 8.95. The highest BCUT2D eigenvalue weighted by Crippen LogP contribution is 2.42. The van der Waals surface area contributed by atoms with E-state index in [-0.39, 0.29) is 12.0 Å². The van der Waals surface area contributed by atoms with Crippen LogP contribution < -0.4 is 5.32 Å².